The molecule has 7 nitrogen and oxygen atoms in total. The number of carbonyl (C=O) groups excluding carboxylic acids is 1. The lowest BCUT2D eigenvalue weighted by molar-refractivity contribution is -0.266. The number of fused-ring (bicyclic) bond motifs is 1. The molecule has 0 N–H and O–H groups in total. The van der Waals surface area contributed by atoms with Crippen molar-refractivity contribution in [2.45, 2.75) is 179 Å². The number of halogens is 1. The minimum atomic E-state index is -2.31. The predicted molar refractivity (Wildman–Crippen MR) is 193 cm³/mol. The first kappa shape index (κ1) is 39.6. The Bertz CT molecular complexity index is 965. The smallest absolute Gasteiger partial charge is 0.308 e. The Labute approximate surface area is 280 Å². The van der Waals surface area contributed by atoms with Crippen LogP contribution in [0.1, 0.15) is 81.6 Å². The van der Waals surface area contributed by atoms with Gasteiger partial charge in [0, 0.05) is 0 Å². The molecule has 0 aromatic carbocycles. The van der Waals surface area contributed by atoms with Crippen LogP contribution in [-0.4, -0.2) is 80.8 Å². The van der Waals surface area contributed by atoms with Gasteiger partial charge >= 0.3 is 5.97 Å². The molecule has 0 aromatic rings. The van der Waals surface area contributed by atoms with Gasteiger partial charge < -0.3 is 27.5 Å². The lowest BCUT2D eigenvalue weighted by Crippen LogP contribution is -2.69. The highest BCUT2D eigenvalue weighted by atomic mass is 127. The summed E-state index contributed by atoms with van der Waals surface area (Å²) in [4.78, 5) is 12.3. The van der Waals surface area contributed by atoms with Gasteiger partial charge in [-0.05, 0) is 77.4 Å². The van der Waals surface area contributed by atoms with E-state index in [1.54, 1.807) is 0 Å². The van der Waals surface area contributed by atoms with Crippen LogP contribution in [0.5, 0.6) is 0 Å². The van der Waals surface area contributed by atoms with Crippen molar-refractivity contribution in [2.24, 2.45) is 0 Å². The molecule has 0 radical (unpaired) electrons. The number of carbonyl (C=O) groups is 1. The lowest BCUT2D eigenvalue weighted by atomic mass is 9.87. The third-order valence-electron chi connectivity index (χ3n) is 10.7. The second kappa shape index (κ2) is 14.2. The van der Waals surface area contributed by atoms with Crippen LogP contribution in [0.25, 0.3) is 0 Å². The van der Waals surface area contributed by atoms with Crippen LogP contribution in [0.2, 0.25) is 54.4 Å². The minimum absolute atomic E-state index is 0.0168. The van der Waals surface area contributed by atoms with Crippen molar-refractivity contribution in [3.05, 3.63) is 10.2 Å². The summed E-state index contributed by atoms with van der Waals surface area (Å²) in [6.07, 6.45) is 1.61. The van der Waals surface area contributed by atoms with Crippen molar-refractivity contribution in [2.75, 3.05) is 7.11 Å². The zero-order valence-electron chi connectivity index (χ0n) is 30.1. The first-order valence-corrected chi connectivity index (χ1v) is 25.9. The molecule has 2 aliphatic rings. The zero-order chi connectivity index (χ0) is 33.4. The van der Waals surface area contributed by atoms with Crippen LogP contribution in [0, 0.1) is 0 Å². The van der Waals surface area contributed by atoms with E-state index in [-0.39, 0.29) is 64.1 Å². The number of esters is 1. The van der Waals surface area contributed by atoms with Crippen molar-refractivity contribution < 1.29 is 32.3 Å². The first-order chi connectivity index (χ1) is 19.3. The summed E-state index contributed by atoms with van der Waals surface area (Å²) in [6.45, 7) is 34.1. The van der Waals surface area contributed by atoms with Crippen molar-refractivity contribution >= 4 is 53.5 Å². The highest BCUT2D eigenvalue weighted by molar-refractivity contribution is 14.1. The van der Waals surface area contributed by atoms with Gasteiger partial charge in [-0.1, -0.05) is 84.9 Å². The Morgan fingerprint density at radius 3 is 1.74 bits per heavy atom. The van der Waals surface area contributed by atoms with E-state index < -0.39 is 31.1 Å². The van der Waals surface area contributed by atoms with Gasteiger partial charge in [-0.25, -0.2) is 0 Å². The monoisotopic (exact) mass is 770 g/mol. The first-order valence-electron chi connectivity index (χ1n) is 16.0. The minimum Gasteiger partial charge on any atom is -0.469 e. The van der Waals surface area contributed by atoms with Crippen LogP contribution >= 0.6 is 22.6 Å². The van der Waals surface area contributed by atoms with E-state index in [1.807, 2.05) is 4.08 Å². The number of hydrogen-bond acceptors (Lipinski definition) is 7. The third kappa shape index (κ3) is 9.71. The largest absolute Gasteiger partial charge is 0.469 e. The van der Waals surface area contributed by atoms with Crippen molar-refractivity contribution in [1.29, 1.82) is 0 Å². The summed E-state index contributed by atoms with van der Waals surface area (Å²) in [5, 5.41) is -0.00778. The number of methoxy groups -OCH3 is 1. The van der Waals surface area contributed by atoms with Gasteiger partial charge in [0.2, 0.25) is 0 Å². The second-order valence-corrected chi connectivity index (χ2v) is 32.1. The molecular formula is C32H63IO7Si3. The Hall–Kier alpha value is 0.391. The predicted octanol–water partition coefficient (Wildman–Crippen LogP) is 8.98. The van der Waals surface area contributed by atoms with Gasteiger partial charge in [-0.3, -0.25) is 4.79 Å². The van der Waals surface area contributed by atoms with Crippen LogP contribution in [0.3, 0.4) is 0 Å². The third-order valence-corrected chi connectivity index (χ3v) is 24.5. The summed E-state index contributed by atoms with van der Waals surface area (Å²) < 4.78 is 42.8. The van der Waals surface area contributed by atoms with Gasteiger partial charge in [-0.15, -0.1) is 0 Å². The quantitative estimate of drug-likeness (QED) is 0.125. The van der Waals surface area contributed by atoms with Crippen molar-refractivity contribution in [3.8, 4) is 0 Å². The van der Waals surface area contributed by atoms with Crippen LogP contribution in [0.15, 0.2) is 10.2 Å². The SMILES string of the molecule is COC(=O)CC1CCC2O[C@@H]([C@H](/C=C/I)O[Si](C)(C)C(C)(C)C)[C@@H](O[Si](C)(C)C(C)(C)C)[C@@H](O[Si](C)(C)C(C)(C)C)C2O1. The molecule has 43 heavy (non-hydrogen) atoms. The van der Waals surface area contributed by atoms with Gasteiger partial charge in [0.1, 0.15) is 24.4 Å². The molecule has 3 unspecified atom stereocenters. The molecule has 0 saturated carbocycles. The molecule has 0 spiro atoms. The van der Waals surface area contributed by atoms with Gasteiger partial charge in [-0.2, -0.15) is 0 Å². The Morgan fingerprint density at radius 2 is 1.30 bits per heavy atom. The maximum absolute atomic E-state index is 12.3. The van der Waals surface area contributed by atoms with E-state index >= 15 is 0 Å². The second-order valence-electron chi connectivity index (χ2n) is 17.1. The van der Waals surface area contributed by atoms with E-state index in [9.17, 15) is 4.79 Å². The Balaban J connectivity index is 2.73. The Kier molecular flexibility index (Phi) is 13.1. The summed E-state index contributed by atoms with van der Waals surface area (Å²) in [6, 6.07) is 0. The maximum Gasteiger partial charge on any atom is 0.308 e. The normalized spacial score (nSPS) is 29.0. The summed E-state index contributed by atoms with van der Waals surface area (Å²) in [5.41, 5.74) is 0. The molecule has 0 aliphatic carbocycles. The lowest BCUT2D eigenvalue weighted by Gasteiger charge is -2.56. The number of ether oxygens (including phenoxy) is 3. The highest BCUT2D eigenvalue weighted by Gasteiger charge is 2.57. The number of rotatable bonds is 10. The average molecular weight is 771 g/mol. The van der Waals surface area contributed by atoms with Gasteiger partial charge in [0.05, 0.1) is 31.8 Å². The van der Waals surface area contributed by atoms with E-state index in [4.69, 9.17) is 27.5 Å². The van der Waals surface area contributed by atoms with Gasteiger partial charge in [0.15, 0.2) is 25.0 Å². The molecule has 2 fully saturated rings. The average Bonchev–Trinajstić information content (AvgIpc) is 2.82. The molecule has 252 valence electrons. The standard InChI is InChI=1S/C32H63IO7Si3/c1-30(2,3)41(11,12)38-24(19-20-33)27-29(40-43(15,16)32(7,8)9)28(39-42(13,14)31(4,5)6)26-23(37-27)18-17-22(36-26)21-25(34)35-10/h19-20,22-24,26-29H,17-18,21H2,1-16H3/b20-19+/t22?,23?,24-,26?,27-,28-,29+/m0/s1. The fraction of sp³-hybridized carbons (Fsp3) is 0.906. The van der Waals surface area contributed by atoms with E-state index in [0.717, 1.165) is 12.8 Å². The van der Waals surface area contributed by atoms with Gasteiger partial charge in [0.25, 0.3) is 0 Å². The summed E-state index contributed by atoms with van der Waals surface area (Å²) in [5.74, 6) is -0.260. The molecule has 2 heterocycles. The summed E-state index contributed by atoms with van der Waals surface area (Å²) >= 11 is 2.29. The molecule has 0 bridgehead atoms. The van der Waals surface area contributed by atoms with Crippen molar-refractivity contribution in [1.82, 2.24) is 0 Å². The Morgan fingerprint density at radius 1 is 0.814 bits per heavy atom. The fourth-order valence-corrected chi connectivity index (χ4v) is 9.03. The fourth-order valence-electron chi connectivity index (χ4n) is 4.77. The molecule has 11 heteroatoms. The number of hydrogen-bond donors (Lipinski definition) is 0. The molecule has 2 saturated heterocycles. The van der Waals surface area contributed by atoms with Crippen LogP contribution < -0.4 is 0 Å². The maximum atomic E-state index is 12.3. The van der Waals surface area contributed by atoms with Crippen molar-refractivity contribution in [3.63, 3.8) is 0 Å². The van der Waals surface area contributed by atoms with E-state index in [2.05, 4.69) is 130 Å². The summed E-state index contributed by atoms with van der Waals surface area (Å²) in [7, 11) is -5.36. The highest BCUT2D eigenvalue weighted by Crippen LogP contribution is 2.47. The van der Waals surface area contributed by atoms with E-state index in [0.29, 0.717) is 0 Å². The van der Waals surface area contributed by atoms with Crippen LogP contribution in [0.4, 0.5) is 0 Å². The molecule has 2 aliphatic heterocycles. The zero-order valence-corrected chi connectivity index (χ0v) is 35.2. The molecule has 0 amide bonds. The topological polar surface area (TPSA) is 72.5 Å². The molecule has 2 rings (SSSR count). The van der Waals surface area contributed by atoms with E-state index in [1.165, 1.54) is 7.11 Å². The molecular weight excluding hydrogens is 708 g/mol. The van der Waals surface area contributed by atoms with Crippen LogP contribution in [-0.2, 0) is 32.3 Å². The molecule has 7 atom stereocenters. The molecule has 0 aromatic heterocycles.